The van der Waals surface area contributed by atoms with Gasteiger partial charge in [-0.25, -0.2) is 9.97 Å². The summed E-state index contributed by atoms with van der Waals surface area (Å²) in [5, 5.41) is 0.945. The largest absolute Gasteiger partial charge is 0.383 e. The van der Waals surface area contributed by atoms with Crippen molar-refractivity contribution >= 4 is 27.7 Å². The summed E-state index contributed by atoms with van der Waals surface area (Å²) in [7, 11) is -0.752. The Kier molecular flexibility index (Phi) is 3.89. The van der Waals surface area contributed by atoms with Crippen LogP contribution < -0.4 is 5.73 Å². The first-order valence-corrected chi connectivity index (χ1v) is 8.04. The van der Waals surface area contributed by atoms with E-state index in [9.17, 15) is 4.21 Å². The van der Waals surface area contributed by atoms with Gasteiger partial charge in [-0.3, -0.25) is 4.21 Å². The highest BCUT2D eigenvalue weighted by atomic mass is 32.2. The van der Waals surface area contributed by atoms with Crippen molar-refractivity contribution in [1.29, 1.82) is 0 Å². The third-order valence-electron chi connectivity index (χ3n) is 3.42. The Morgan fingerprint density at radius 3 is 2.58 bits per heavy atom. The van der Waals surface area contributed by atoms with Crippen LogP contribution in [0, 0.1) is 20.8 Å². The predicted molar refractivity (Wildman–Crippen MR) is 79.7 cm³/mol. The molecule has 0 aromatic carbocycles. The second-order valence-corrected chi connectivity index (χ2v) is 6.40. The van der Waals surface area contributed by atoms with Crippen LogP contribution in [0.25, 0.3) is 11.0 Å². The molecule has 2 aromatic heterocycles. The summed E-state index contributed by atoms with van der Waals surface area (Å²) in [6, 6.07) is 0. The Labute approximate surface area is 115 Å². The number of aryl methyl sites for hydroxylation is 3. The molecule has 104 valence electrons. The van der Waals surface area contributed by atoms with E-state index in [0.717, 1.165) is 35.3 Å². The van der Waals surface area contributed by atoms with E-state index >= 15 is 0 Å². The van der Waals surface area contributed by atoms with Crippen LogP contribution in [0.5, 0.6) is 0 Å². The van der Waals surface area contributed by atoms with Crippen LogP contribution in [0.3, 0.4) is 0 Å². The van der Waals surface area contributed by atoms with Crippen molar-refractivity contribution in [3.63, 3.8) is 0 Å². The first-order valence-electron chi connectivity index (χ1n) is 6.31. The van der Waals surface area contributed by atoms with E-state index in [1.807, 2.05) is 13.8 Å². The standard InChI is InChI=1S/C13H20N4OS/c1-8-9(2)17(6-5-7-19(4)18)13-11(8)12(14)15-10(3)16-13/h5-7H2,1-4H3,(H2,14,15,16). The topological polar surface area (TPSA) is 73.8 Å². The van der Waals surface area contributed by atoms with Gasteiger partial charge in [0.25, 0.3) is 0 Å². The number of fused-ring (bicyclic) bond motifs is 1. The average Bonchev–Trinajstić information content (AvgIpc) is 2.53. The molecule has 0 aliphatic carbocycles. The zero-order chi connectivity index (χ0) is 14.2. The van der Waals surface area contributed by atoms with Gasteiger partial charge < -0.3 is 10.3 Å². The van der Waals surface area contributed by atoms with Crippen LogP contribution in [0.1, 0.15) is 23.5 Å². The molecule has 2 aromatic rings. The highest BCUT2D eigenvalue weighted by molar-refractivity contribution is 7.84. The molecule has 0 fully saturated rings. The smallest absolute Gasteiger partial charge is 0.146 e. The van der Waals surface area contributed by atoms with Gasteiger partial charge in [-0.2, -0.15) is 0 Å². The van der Waals surface area contributed by atoms with Gasteiger partial charge in [0.05, 0.1) is 5.39 Å². The van der Waals surface area contributed by atoms with Gasteiger partial charge in [0.1, 0.15) is 17.3 Å². The molecule has 0 radical (unpaired) electrons. The number of anilines is 1. The summed E-state index contributed by atoms with van der Waals surface area (Å²) in [6.45, 7) is 6.76. The maximum atomic E-state index is 11.2. The molecule has 0 spiro atoms. The molecule has 1 unspecified atom stereocenters. The monoisotopic (exact) mass is 280 g/mol. The zero-order valence-electron chi connectivity index (χ0n) is 11.9. The summed E-state index contributed by atoms with van der Waals surface area (Å²) < 4.78 is 13.3. The minimum atomic E-state index is -0.752. The van der Waals surface area contributed by atoms with E-state index in [0.29, 0.717) is 17.4 Å². The Morgan fingerprint density at radius 1 is 1.26 bits per heavy atom. The molecule has 2 N–H and O–H groups in total. The molecule has 1 atom stereocenters. The van der Waals surface area contributed by atoms with E-state index in [-0.39, 0.29) is 0 Å². The molecular weight excluding hydrogens is 260 g/mol. The van der Waals surface area contributed by atoms with Gasteiger partial charge in [-0.15, -0.1) is 0 Å². The summed E-state index contributed by atoms with van der Waals surface area (Å²) in [5.74, 6) is 1.93. The summed E-state index contributed by atoms with van der Waals surface area (Å²) >= 11 is 0. The van der Waals surface area contributed by atoms with Crippen molar-refractivity contribution in [2.45, 2.75) is 33.7 Å². The van der Waals surface area contributed by atoms with Crippen molar-refractivity contribution in [1.82, 2.24) is 14.5 Å². The Morgan fingerprint density at radius 2 is 1.95 bits per heavy atom. The molecule has 0 amide bonds. The molecule has 5 nitrogen and oxygen atoms in total. The fourth-order valence-corrected chi connectivity index (χ4v) is 2.91. The van der Waals surface area contributed by atoms with Crippen LogP contribution >= 0.6 is 0 Å². The maximum absolute atomic E-state index is 11.2. The molecule has 0 aliphatic rings. The van der Waals surface area contributed by atoms with E-state index in [1.54, 1.807) is 6.26 Å². The van der Waals surface area contributed by atoms with Crippen LogP contribution in [0.15, 0.2) is 0 Å². The van der Waals surface area contributed by atoms with Crippen LogP contribution in [0.2, 0.25) is 0 Å². The third kappa shape index (κ3) is 2.63. The molecule has 0 bridgehead atoms. The first kappa shape index (κ1) is 14.0. The lowest BCUT2D eigenvalue weighted by molar-refractivity contribution is 0.660. The van der Waals surface area contributed by atoms with Gasteiger partial charge in [0.15, 0.2) is 0 Å². The molecule has 6 heteroatoms. The van der Waals surface area contributed by atoms with E-state index < -0.39 is 10.8 Å². The Hall–Kier alpha value is -1.43. The summed E-state index contributed by atoms with van der Waals surface area (Å²) in [4.78, 5) is 8.74. The molecule has 19 heavy (non-hydrogen) atoms. The van der Waals surface area contributed by atoms with Gasteiger partial charge in [-0.05, 0) is 32.8 Å². The molecule has 2 heterocycles. The highest BCUT2D eigenvalue weighted by Gasteiger charge is 2.15. The van der Waals surface area contributed by atoms with Crippen LogP contribution in [-0.4, -0.2) is 30.8 Å². The van der Waals surface area contributed by atoms with Crippen LogP contribution in [-0.2, 0) is 17.3 Å². The van der Waals surface area contributed by atoms with Gasteiger partial charge in [-0.1, -0.05) is 0 Å². The normalized spacial score (nSPS) is 13.1. The predicted octanol–water partition coefficient (Wildman–Crippen LogP) is 1.71. The number of aromatic nitrogens is 3. The minimum Gasteiger partial charge on any atom is -0.383 e. The van der Waals surface area contributed by atoms with Crippen molar-refractivity contribution in [3.05, 3.63) is 17.1 Å². The van der Waals surface area contributed by atoms with Gasteiger partial charge in [0, 0.05) is 35.0 Å². The number of hydrogen-bond acceptors (Lipinski definition) is 4. The third-order valence-corrected chi connectivity index (χ3v) is 4.29. The van der Waals surface area contributed by atoms with E-state index in [4.69, 9.17) is 5.73 Å². The molecular formula is C13H20N4OS. The highest BCUT2D eigenvalue weighted by Crippen LogP contribution is 2.27. The van der Waals surface area contributed by atoms with Crippen LogP contribution in [0.4, 0.5) is 5.82 Å². The second kappa shape index (κ2) is 5.28. The van der Waals surface area contributed by atoms with Crippen molar-refractivity contribution in [3.8, 4) is 0 Å². The lowest BCUT2D eigenvalue weighted by atomic mass is 10.2. The molecule has 0 saturated carbocycles. The fourth-order valence-electron chi connectivity index (χ4n) is 2.38. The second-order valence-electron chi connectivity index (χ2n) is 4.85. The summed E-state index contributed by atoms with van der Waals surface area (Å²) in [6.07, 6.45) is 2.60. The lowest BCUT2D eigenvalue weighted by Crippen LogP contribution is -2.06. The Bertz CT molecular complexity index is 648. The van der Waals surface area contributed by atoms with Gasteiger partial charge in [0.2, 0.25) is 0 Å². The lowest BCUT2D eigenvalue weighted by Gasteiger charge is -2.07. The van der Waals surface area contributed by atoms with E-state index in [1.165, 1.54) is 0 Å². The minimum absolute atomic E-state index is 0.543. The van der Waals surface area contributed by atoms with Crippen molar-refractivity contribution in [2.75, 3.05) is 17.7 Å². The number of nitrogens with zero attached hydrogens (tertiary/aromatic N) is 3. The van der Waals surface area contributed by atoms with Crippen molar-refractivity contribution in [2.24, 2.45) is 0 Å². The number of rotatable bonds is 4. The average molecular weight is 280 g/mol. The SMILES string of the molecule is Cc1nc(N)c2c(C)c(C)n(CCCS(C)=O)c2n1. The van der Waals surface area contributed by atoms with Gasteiger partial charge >= 0.3 is 0 Å². The fraction of sp³-hybridized carbons (Fsp3) is 0.538. The Balaban J connectivity index is 2.48. The number of hydrogen-bond donors (Lipinski definition) is 1. The molecule has 0 aliphatic heterocycles. The zero-order valence-corrected chi connectivity index (χ0v) is 12.7. The first-order chi connectivity index (χ1) is 8.91. The quantitative estimate of drug-likeness (QED) is 0.925. The van der Waals surface area contributed by atoms with Crippen molar-refractivity contribution < 1.29 is 4.21 Å². The number of nitrogens with two attached hydrogens (primary N) is 1. The summed E-state index contributed by atoms with van der Waals surface area (Å²) in [5.41, 5.74) is 9.18. The number of nitrogen functional groups attached to an aromatic ring is 1. The van der Waals surface area contributed by atoms with E-state index in [2.05, 4.69) is 21.5 Å². The maximum Gasteiger partial charge on any atom is 0.146 e. The molecule has 2 rings (SSSR count). The molecule has 0 saturated heterocycles.